The predicted molar refractivity (Wildman–Crippen MR) is 100.0 cm³/mol. The molecule has 5 heteroatoms. The average molecular weight is 357 g/mol. The van der Waals surface area contributed by atoms with Crippen molar-refractivity contribution in [2.45, 2.75) is 25.7 Å². The summed E-state index contributed by atoms with van der Waals surface area (Å²) in [6, 6.07) is 14.9. The van der Waals surface area contributed by atoms with Crippen molar-refractivity contribution in [3.8, 4) is 0 Å². The lowest BCUT2D eigenvalue weighted by molar-refractivity contribution is -0.116. The molecule has 0 aromatic heterocycles. The Bertz CT molecular complexity index is 756. The number of hydrogen-bond donors (Lipinski definition) is 1. The van der Waals surface area contributed by atoms with Crippen LogP contribution in [0.1, 0.15) is 35.2 Å². The summed E-state index contributed by atoms with van der Waals surface area (Å²) in [5.74, 6) is -0.172. The highest BCUT2D eigenvalue weighted by molar-refractivity contribution is 6.31. The van der Waals surface area contributed by atoms with E-state index in [0.29, 0.717) is 29.1 Å². The summed E-state index contributed by atoms with van der Waals surface area (Å²) in [5.41, 5.74) is 2.10. The molecule has 130 valence electrons. The number of likely N-dealkylation sites (tertiary alicyclic amines) is 1. The normalized spacial score (nSPS) is 13.7. The highest BCUT2D eigenvalue weighted by Crippen LogP contribution is 2.24. The van der Waals surface area contributed by atoms with Crippen LogP contribution in [-0.2, 0) is 11.2 Å². The molecule has 0 radical (unpaired) electrons. The highest BCUT2D eigenvalue weighted by atomic mass is 35.5. The van der Waals surface area contributed by atoms with Crippen molar-refractivity contribution in [1.82, 2.24) is 4.90 Å². The first-order valence-electron chi connectivity index (χ1n) is 8.56. The summed E-state index contributed by atoms with van der Waals surface area (Å²) in [5, 5.41) is 3.35. The lowest BCUT2D eigenvalue weighted by Crippen LogP contribution is -2.28. The number of anilines is 1. The molecule has 1 saturated heterocycles. The molecule has 2 aromatic rings. The van der Waals surface area contributed by atoms with E-state index in [1.807, 2.05) is 35.2 Å². The Morgan fingerprint density at radius 3 is 2.48 bits per heavy atom. The minimum atomic E-state index is -0.124. The van der Waals surface area contributed by atoms with E-state index >= 15 is 0 Å². The van der Waals surface area contributed by atoms with Crippen molar-refractivity contribution in [3.05, 3.63) is 64.7 Å². The van der Waals surface area contributed by atoms with E-state index in [-0.39, 0.29) is 11.8 Å². The fourth-order valence-corrected chi connectivity index (χ4v) is 3.18. The van der Waals surface area contributed by atoms with Gasteiger partial charge in [0.05, 0.1) is 11.3 Å². The van der Waals surface area contributed by atoms with E-state index in [9.17, 15) is 9.59 Å². The lowest BCUT2D eigenvalue weighted by atomic mass is 10.1. The molecule has 2 amide bonds. The molecule has 2 aromatic carbocycles. The number of nitrogens with one attached hydrogen (secondary N) is 1. The van der Waals surface area contributed by atoms with Crippen LogP contribution >= 0.6 is 11.6 Å². The standard InChI is InChI=1S/C20H21ClN2O2/c21-16-9-10-17(20(25)23-12-4-5-13-23)18(14-16)22-19(24)11-8-15-6-2-1-3-7-15/h1-3,6-7,9-10,14H,4-5,8,11-13H2,(H,22,24). The number of carbonyl (C=O) groups is 2. The van der Waals surface area contributed by atoms with Gasteiger partial charge in [0.15, 0.2) is 0 Å². The van der Waals surface area contributed by atoms with Crippen LogP contribution in [0, 0.1) is 0 Å². The minimum absolute atomic E-state index is 0.0486. The number of nitrogens with zero attached hydrogens (tertiary/aromatic N) is 1. The molecule has 1 aliphatic heterocycles. The van der Waals surface area contributed by atoms with E-state index < -0.39 is 0 Å². The molecule has 1 aliphatic rings. The number of aryl methyl sites for hydroxylation is 1. The Kier molecular flexibility index (Phi) is 5.71. The molecule has 1 N–H and O–H groups in total. The second-order valence-electron chi connectivity index (χ2n) is 6.22. The van der Waals surface area contributed by atoms with Crippen LogP contribution in [0.25, 0.3) is 0 Å². The Labute approximate surface area is 152 Å². The van der Waals surface area contributed by atoms with Gasteiger partial charge in [-0.25, -0.2) is 0 Å². The van der Waals surface area contributed by atoms with Gasteiger partial charge >= 0.3 is 0 Å². The highest BCUT2D eigenvalue weighted by Gasteiger charge is 2.22. The van der Waals surface area contributed by atoms with Gasteiger partial charge in [-0.3, -0.25) is 9.59 Å². The van der Waals surface area contributed by atoms with Crippen molar-refractivity contribution < 1.29 is 9.59 Å². The van der Waals surface area contributed by atoms with Gasteiger partial charge in [0.2, 0.25) is 5.91 Å². The number of rotatable bonds is 5. The summed E-state index contributed by atoms with van der Waals surface area (Å²) in [4.78, 5) is 26.8. The number of hydrogen-bond acceptors (Lipinski definition) is 2. The van der Waals surface area contributed by atoms with Gasteiger partial charge in [-0.1, -0.05) is 41.9 Å². The third-order valence-electron chi connectivity index (χ3n) is 4.36. The SMILES string of the molecule is O=C(CCc1ccccc1)Nc1cc(Cl)ccc1C(=O)N1CCCC1. The molecule has 1 fully saturated rings. The molecule has 3 rings (SSSR count). The van der Waals surface area contributed by atoms with E-state index in [4.69, 9.17) is 11.6 Å². The first-order valence-corrected chi connectivity index (χ1v) is 8.94. The van der Waals surface area contributed by atoms with Crippen LogP contribution in [0.3, 0.4) is 0 Å². The molecule has 4 nitrogen and oxygen atoms in total. The summed E-state index contributed by atoms with van der Waals surface area (Å²) in [6.07, 6.45) is 3.06. The number of benzene rings is 2. The maximum atomic E-state index is 12.7. The maximum absolute atomic E-state index is 12.7. The van der Waals surface area contributed by atoms with Crippen molar-refractivity contribution in [2.75, 3.05) is 18.4 Å². The van der Waals surface area contributed by atoms with E-state index in [2.05, 4.69) is 5.32 Å². The summed E-state index contributed by atoms with van der Waals surface area (Å²) in [7, 11) is 0. The van der Waals surface area contributed by atoms with Crippen LogP contribution in [0.4, 0.5) is 5.69 Å². The van der Waals surface area contributed by atoms with Crippen molar-refractivity contribution in [1.29, 1.82) is 0 Å². The summed E-state index contributed by atoms with van der Waals surface area (Å²) < 4.78 is 0. The van der Waals surface area contributed by atoms with Crippen LogP contribution in [0.5, 0.6) is 0 Å². The lowest BCUT2D eigenvalue weighted by Gasteiger charge is -2.18. The van der Waals surface area contributed by atoms with Crippen molar-refractivity contribution in [2.24, 2.45) is 0 Å². The first-order chi connectivity index (χ1) is 12.1. The van der Waals surface area contributed by atoms with Crippen LogP contribution < -0.4 is 5.32 Å². The summed E-state index contributed by atoms with van der Waals surface area (Å²) in [6.45, 7) is 1.53. The second kappa shape index (κ2) is 8.17. The third kappa shape index (κ3) is 4.60. The van der Waals surface area contributed by atoms with Gasteiger partial charge < -0.3 is 10.2 Å². The molecule has 1 heterocycles. The van der Waals surface area contributed by atoms with Gasteiger partial charge in [0.25, 0.3) is 5.91 Å². The number of carbonyl (C=O) groups excluding carboxylic acids is 2. The maximum Gasteiger partial charge on any atom is 0.255 e. The van der Waals surface area contributed by atoms with Gasteiger partial charge in [0.1, 0.15) is 0 Å². The first kappa shape index (κ1) is 17.5. The number of halogens is 1. The fraction of sp³-hybridized carbons (Fsp3) is 0.300. The zero-order chi connectivity index (χ0) is 17.6. The smallest absolute Gasteiger partial charge is 0.255 e. The molecule has 0 atom stereocenters. The van der Waals surface area contributed by atoms with Crippen molar-refractivity contribution in [3.63, 3.8) is 0 Å². The molecule has 0 unspecified atom stereocenters. The van der Waals surface area contributed by atoms with Gasteiger partial charge in [-0.2, -0.15) is 0 Å². The van der Waals surface area contributed by atoms with Crippen LogP contribution in [-0.4, -0.2) is 29.8 Å². The predicted octanol–water partition coefficient (Wildman–Crippen LogP) is 4.15. The quantitative estimate of drug-likeness (QED) is 0.875. The Hall–Kier alpha value is -2.33. The Morgan fingerprint density at radius 2 is 1.76 bits per heavy atom. The van der Waals surface area contributed by atoms with Crippen LogP contribution in [0.2, 0.25) is 5.02 Å². The largest absolute Gasteiger partial charge is 0.339 e. The van der Waals surface area contributed by atoms with E-state index in [1.165, 1.54) is 0 Å². The van der Waals surface area contributed by atoms with E-state index in [0.717, 1.165) is 31.5 Å². The monoisotopic (exact) mass is 356 g/mol. The molecule has 0 saturated carbocycles. The summed E-state index contributed by atoms with van der Waals surface area (Å²) >= 11 is 6.06. The molecular weight excluding hydrogens is 336 g/mol. The third-order valence-corrected chi connectivity index (χ3v) is 4.60. The molecular formula is C20H21ClN2O2. The molecule has 0 aliphatic carbocycles. The van der Waals surface area contributed by atoms with E-state index in [1.54, 1.807) is 18.2 Å². The van der Waals surface area contributed by atoms with Crippen LogP contribution in [0.15, 0.2) is 48.5 Å². The second-order valence-corrected chi connectivity index (χ2v) is 6.66. The Balaban J connectivity index is 1.69. The van der Waals surface area contributed by atoms with Crippen molar-refractivity contribution >= 4 is 29.1 Å². The number of amides is 2. The Morgan fingerprint density at radius 1 is 1.04 bits per heavy atom. The molecule has 0 bridgehead atoms. The zero-order valence-corrected chi connectivity index (χ0v) is 14.8. The average Bonchev–Trinajstić information content (AvgIpc) is 3.15. The van der Waals surface area contributed by atoms with Gasteiger partial charge in [-0.15, -0.1) is 0 Å². The minimum Gasteiger partial charge on any atom is -0.339 e. The fourth-order valence-electron chi connectivity index (χ4n) is 3.01. The zero-order valence-electron chi connectivity index (χ0n) is 14.0. The van der Waals surface area contributed by atoms with Gasteiger partial charge in [-0.05, 0) is 43.0 Å². The molecule has 25 heavy (non-hydrogen) atoms. The topological polar surface area (TPSA) is 49.4 Å². The van der Waals surface area contributed by atoms with Gasteiger partial charge in [0, 0.05) is 24.5 Å². The molecule has 0 spiro atoms.